The molecule has 0 heterocycles. The molecule has 0 aromatic carbocycles. The fourth-order valence-corrected chi connectivity index (χ4v) is 4.70. The highest BCUT2D eigenvalue weighted by atomic mass is 15.1. The molecule has 0 amide bonds. The van der Waals surface area contributed by atoms with Crippen LogP contribution in [0.5, 0.6) is 0 Å². The molecule has 1 heteroatoms. The van der Waals surface area contributed by atoms with E-state index in [1.807, 2.05) is 0 Å². The van der Waals surface area contributed by atoms with Gasteiger partial charge in [-0.15, -0.1) is 0 Å². The van der Waals surface area contributed by atoms with E-state index in [4.69, 9.17) is 0 Å². The van der Waals surface area contributed by atoms with Crippen molar-refractivity contribution in [3.05, 3.63) is 0 Å². The quantitative estimate of drug-likeness (QED) is 0.122. The summed E-state index contributed by atoms with van der Waals surface area (Å²) in [5.41, 5.74) is 0. The summed E-state index contributed by atoms with van der Waals surface area (Å²) in [7, 11) is 0. The van der Waals surface area contributed by atoms with E-state index >= 15 is 0 Å². The van der Waals surface area contributed by atoms with Gasteiger partial charge in [-0.2, -0.15) is 0 Å². The summed E-state index contributed by atoms with van der Waals surface area (Å²) in [5.74, 6) is 0.858. The van der Waals surface area contributed by atoms with Gasteiger partial charge < -0.3 is 4.90 Å². The first-order valence-corrected chi connectivity index (χ1v) is 14.9. The second kappa shape index (κ2) is 26.2. The summed E-state index contributed by atoms with van der Waals surface area (Å²) in [6.45, 7) is 13.4. The Bertz CT molecular complexity index is 288. The van der Waals surface area contributed by atoms with E-state index in [9.17, 15) is 0 Å². The summed E-state index contributed by atoms with van der Waals surface area (Å²) in [5, 5.41) is 0. The smallest absolute Gasteiger partial charge is 0.00186 e. The van der Waals surface area contributed by atoms with Gasteiger partial charge in [0.15, 0.2) is 0 Å². The van der Waals surface area contributed by atoms with Gasteiger partial charge in [0.25, 0.3) is 0 Å². The van der Waals surface area contributed by atoms with Crippen LogP contribution >= 0.6 is 0 Å². The SMILES string of the molecule is CCCCCCCCCCCCN(CCCCCCCCCCCC)CCCC(C)C. The van der Waals surface area contributed by atoms with E-state index in [-0.39, 0.29) is 0 Å². The highest BCUT2D eigenvalue weighted by molar-refractivity contribution is 4.61. The summed E-state index contributed by atoms with van der Waals surface area (Å²) >= 11 is 0. The van der Waals surface area contributed by atoms with Crippen molar-refractivity contribution in [1.82, 2.24) is 4.90 Å². The van der Waals surface area contributed by atoms with Crippen molar-refractivity contribution in [2.75, 3.05) is 19.6 Å². The van der Waals surface area contributed by atoms with Crippen molar-refractivity contribution in [2.24, 2.45) is 5.92 Å². The van der Waals surface area contributed by atoms with Gasteiger partial charge in [-0.3, -0.25) is 0 Å². The van der Waals surface area contributed by atoms with E-state index in [1.54, 1.807) is 0 Å². The van der Waals surface area contributed by atoms with Gasteiger partial charge in [-0.25, -0.2) is 0 Å². The predicted octanol–water partition coefficient (Wildman–Crippen LogP) is 10.6. The Morgan fingerprint density at radius 2 is 0.677 bits per heavy atom. The van der Waals surface area contributed by atoms with Crippen LogP contribution in [0.15, 0.2) is 0 Å². The average Bonchev–Trinajstić information content (AvgIpc) is 2.75. The molecule has 188 valence electrons. The zero-order chi connectivity index (χ0) is 22.8. The highest BCUT2D eigenvalue weighted by Crippen LogP contribution is 2.14. The standard InChI is InChI=1S/C30H63N/c1-5-7-9-11-13-15-17-19-21-23-27-31(29-25-26-30(3)4)28-24-22-20-18-16-14-12-10-8-6-2/h30H,5-29H2,1-4H3. The molecule has 0 bridgehead atoms. The molecule has 0 aliphatic heterocycles. The summed E-state index contributed by atoms with van der Waals surface area (Å²) in [4.78, 5) is 2.80. The zero-order valence-electron chi connectivity index (χ0n) is 22.7. The maximum atomic E-state index is 2.80. The lowest BCUT2D eigenvalue weighted by atomic mass is 10.1. The minimum Gasteiger partial charge on any atom is -0.303 e. The van der Waals surface area contributed by atoms with Crippen molar-refractivity contribution < 1.29 is 0 Å². The fourth-order valence-electron chi connectivity index (χ4n) is 4.70. The molecule has 0 aliphatic rings. The van der Waals surface area contributed by atoms with E-state index in [0.29, 0.717) is 0 Å². The maximum Gasteiger partial charge on any atom is -0.00186 e. The van der Waals surface area contributed by atoms with Crippen LogP contribution in [-0.4, -0.2) is 24.5 Å². The molecule has 0 fully saturated rings. The Morgan fingerprint density at radius 3 is 1.00 bits per heavy atom. The van der Waals surface area contributed by atoms with Crippen LogP contribution in [-0.2, 0) is 0 Å². The number of nitrogens with zero attached hydrogens (tertiary/aromatic N) is 1. The number of rotatable bonds is 26. The second-order valence-corrected chi connectivity index (χ2v) is 10.7. The molecule has 0 saturated carbocycles. The molecule has 0 aromatic heterocycles. The van der Waals surface area contributed by atoms with Crippen molar-refractivity contribution in [3.8, 4) is 0 Å². The largest absolute Gasteiger partial charge is 0.303 e. The fraction of sp³-hybridized carbons (Fsp3) is 1.00. The monoisotopic (exact) mass is 437 g/mol. The lowest BCUT2D eigenvalue weighted by Crippen LogP contribution is -2.27. The third-order valence-corrected chi connectivity index (χ3v) is 6.91. The summed E-state index contributed by atoms with van der Waals surface area (Å²) in [6, 6.07) is 0. The molecule has 0 saturated heterocycles. The highest BCUT2D eigenvalue weighted by Gasteiger charge is 2.06. The molecule has 0 rings (SSSR count). The lowest BCUT2D eigenvalue weighted by molar-refractivity contribution is 0.251. The Labute approximate surface area is 199 Å². The van der Waals surface area contributed by atoms with Gasteiger partial charge in [-0.05, 0) is 51.2 Å². The maximum absolute atomic E-state index is 2.80. The first kappa shape index (κ1) is 31.0. The third kappa shape index (κ3) is 26.1. The van der Waals surface area contributed by atoms with E-state index < -0.39 is 0 Å². The molecule has 0 atom stereocenters. The molecule has 0 N–H and O–H groups in total. The molecule has 0 unspecified atom stereocenters. The average molecular weight is 438 g/mol. The Morgan fingerprint density at radius 1 is 0.387 bits per heavy atom. The van der Waals surface area contributed by atoms with Crippen LogP contribution in [0.1, 0.15) is 169 Å². The summed E-state index contributed by atoms with van der Waals surface area (Å²) < 4.78 is 0. The van der Waals surface area contributed by atoms with Gasteiger partial charge in [0, 0.05) is 0 Å². The second-order valence-electron chi connectivity index (χ2n) is 10.7. The van der Waals surface area contributed by atoms with Crippen molar-refractivity contribution >= 4 is 0 Å². The Hall–Kier alpha value is -0.0400. The van der Waals surface area contributed by atoms with E-state index in [1.165, 1.54) is 161 Å². The van der Waals surface area contributed by atoms with Gasteiger partial charge in [0.1, 0.15) is 0 Å². The van der Waals surface area contributed by atoms with Crippen molar-refractivity contribution in [3.63, 3.8) is 0 Å². The van der Waals surface area contributed by atoms with Crippen LogP contribution in [0.25, 0.3) is 0 Å². The zero-order valence-corrected chi connectivity index (χ0v) is 22.7. The number of hydrogen-bond acceptors (Lipinski definition) is 1. The van der Waals surface area contributed by atoms with Crippen molar-refractivity contribution in [2.45, 2.75) is 169 Å². The van der Waals surface area contributed by atoms with E-state index in [0.717, 1.165) is 5.92 Å². The number of unbranched alkanes of at least 4 members (excludes halogenated alkanes) is 18. The van der Waals surface area contributed by atoms with Gasteiger partial charge in [0.2, 0.25) is 0 Å². The van der Waals surface area contributed by atoms with Crippen LogP contribution in [0, 0.1) is 5.92 Å². The molecular formula is C30H63N. The minimum absolute atomic E-state index is 0.858. The van der Waals surface area contributed by atoms with E-state index in [2.05, 4.69) is 32.6 Å². The molecule has 0 spiro atoms. The predicted molar refractivity (Wildman–Crippen MR) is 144 cm³/mol. The first-order chi connectivity index (χ1) is 15.2. The molecule has 0 aliphatic carbocycles. The third-order valence-electron chi connectivity index (χ3n) is 6.91. The van der Waals surface area contributed by atoms with Gasteiger partial charge >= 0.3 is 0 Å². The molecule has 1 nitrogen and oxygen atoms in total. The topological polar surface area (TPSA) is 3.24 Å². The normalized spacial score (nSPS) is 11.8. The number of hydrogen-bond donors (Lipinski definition) is 0. The summed E-state index contributed by atoms with van der Waals surface area (Å²) in [6.07, 6.45) is 31.8. The molecule has 0 aromatic rings. The Kier molecular flexibility index (Phi) is 26.2. The van der Waals surface area contributed by atoms with Gasteiger partial charge in [-0.1, -0.05) is 143 Å². The van der Waals surface area contributed by atoms with Gasteiger partial charge in [0.05, 0.1) is 0 Å². The molecular weight excluding hydrogens is 374 g/mol. The molecule has 0 radical (unpaired) electrons. The minimum atomic E-state index is 0.858. The van der Waals surface area contributed by atoms with Crippen LogP contribution < -0.4 is 0 Å². The first-order valence-electron chi connectivity index (χ1n) is 14.9. The van der Waals surface area contributed by atoms with Crippen LogP contribution in [0.2, 0.25) is 0 Å². The van der Waals surface area contributed by atoms with Crippen LogP contribution in [0.3, 0.4) is 0 Å². The lowest BCUT2D eigenvalue weighted by Gasteiger charge is -2.23. The molecule has 31 heavy (non-hydrogen) atoms. The van der Waals surface area contributed by atoms with Crippen molar-refractivity contribution in [1.29, 1.82) is 0 Å². The van der Waals surface area contributed by atoms with Crippen LogP contribution in [0.4, 0.5) is 0 Å². The Balaban J connectivity index is 3.71.